The molecule has 2 heteroatoms. The van der Waals surface area contributed by atoms with Crippen molar-refractivity contribution in [3.8, 4) is 0 Å². The van der Waals surface area contributed by atoms with Crippen molar-refractivity contribution in [2.75, 3.05) is 13.2 Å². The lowest BCUT2D eigenvalue weighted by atomic mass is 9.83. The van der Waals surface area contributed by atoms with Gasteiger partial charge in [0.1, 0.15) is 0 Å². The first-order valence-corrected chi connectivity index (χ1v) is 7.38. The van der Waals surface area contributed by atoms with E-state index in [1.807, 2.05) is 0 Å². The van der Waals surface area contributed by atoms with Crippen LogP contribution in [0, 0.1) is 23.7 Å². The molecule has 1 saturated carbocycles. The van der Waals surface area contributed by atoms with Crippen LogP contribution in [-0.4, -0.2) is 24.3 Å². The lowest BCUT2D eigenvalue weighted by molar-refractivity contribution is 0.169. The average Bonchev–Trinajstić information content (AvgIpc) is 2.29. The van der Waals surface area contributed by atoms with E-state index in [-0.39, 0.29) is 0 Å². The number of hydrogen-bond acceptors (Lipinski definition) is 2. The fourth-order valence-electron chi connectivity index (χ4n) is 3.09. The molecule has 1 rings (SSSR count). The summed E-state index contributed by atoms with van der Waals surface area (Å²) in [6.07, 6.45) is 4.88. The third kappa shape index (κ3) is 4.97. The summed E-state index contributed by atoms with van der Waals surface area (Å²) in [5.41, 5.74) is 0. The van der Waals surface area contributed by atoms with Gasteiger partial charge in [0.05, 0.1) is 0 Å². The van der Waals surface area contributed by atoms with Crippen molar-refractivity contribution in [1.82, 2.24) is 5.32 Å². The third-order valence-electron chi connectivity index (χ3n) is 4.46. The fraction of sp³-hybridized carbons (Fsp3) is 1.00. The van der Waals surface area contributed by atoms with E-state index in [9.17, 15) is 0 Å². The summed E-state index contributed by atoms with van der Waals surface area (Å²) in [6.45, 7) is 10.9. The minimum absolute atomic E-state index is 0.382. The molecule has 0 amide bonds. The SMILES string of the molecule is CC(C)C(CNC1CCC(CO)CC1)C(C)C. The van der Waals surface area contributed by atoms with E-state index in [1.165, 1.54) is 25.7 Å². The number of hydrogen-bond donors (Lipinski definition) is 2. The van der Waals surface area contributed by atoms with E-state index in [0.717, 1.165) is 24.3 Å². The molecule has 0 aliphatic heterocycles. The molecule has 102 valence electrons. The van der Waals surface area contributed by atoms with Crippen LogP contribution in [0.5, 0.6) is 0 Å². The number of aliphatic hydroxyl groups excluding tert-OH is 1. The predicted octanol–water partition coefficient (Wildman–Crippen LogP) is 3.06. The molecule has 1 aliphatic rings. The van der Waals surface area contributed by atoms with Crippen LogP contribution in [-0.2, 0) is 0 Å². The van der Waals surface area contributed by atoms with Crippen molar-refractivity contribution in [2.24, 2.45) is 23.7 Å². The van der Waals surface area contributed by atoms with Crippen LogP contribution in [0.4, 0.5) is 0 Å². The molecule has 1 fully saturated rings. The molecule has 1 aliphatic carbocycles. The molecule has 0 bridgehead atoms. The Balaban J connectivity index is 2.26. The number of rotatable bonds is 6. The summed E-state index contributed by atoms with van der Waals surface area (Å²) in [6, 6.07) is 0.692. The minimum atomic E-state index is 0.382. The zero-order valence-electron chi connectivity index (χ0n) is 12.1. The van der Waals surface area contributed by atoms with E-state index < -0.39 is 0 Å². The van der Waals surface area contributed by atoms with Crippen molar-refractivity contribution < 1.29 is 5.11 Å². The molecule has 0 radical (unpaired) electrons. The topological polar surface area (TPSA) is 32.3 Å². The normalized spacial score (nSPS) is 26.1. The Morgan fingerprint density at radius 1 is 1.00 bits per heavy atom. The third-order valence-corrected chi connectivity index (χ3v) is 4.46. The highest BCUT2D eigenvalue weighted by molar-refractivity contribution is 4.79. The van der Waals surface area contributed by atoms with Crippen LogP contribution in [0.2, 0.25) is 0 Å². The van der Waals surface area contributed by atoms with E-state index in [2.05, 4.69) is 33.0 Å². The lowest BCUT2D eigenvalue weighted by Crippen LogP contribution is -2.39. The molecule has 2 nitrogen and oxygen atoms in total. The molecular weight excluding hydrogens is 210 g/mol. The van der Waals surface area contributed by atoms with Gasteiger partial charge in [-0.05, 0) is 55.9 Å². The van der Waals surface area contributed by atoms with Gasteiger partial charge in [0, 0.05) is 12.6 Å². The average molecular weight is 241 g/mol. The first-order valence-electron chi connectivity index (χ1n) is 7.38. The summed E-state index contributed by atoms with van der Waals surface area (Å²) in [7, 11) is 0. The quantitative estimate of drug-likeness (QED) is 0.749. The van der Waals surface area contributed by atoms with Gasteiger partial charge in [-0.3, -0.25) is 0 Å². The van der Waals surface area contributed by atoms with Crippen LogP contribution in [0.1, 0.15) is 53.4 Å². The highest BCUT2D eigenvalue weighted by atomic mass is 16.3. The second-order valence-electron chi connectivity index (χ2n) is 6.46. The Bertz CT molecular complexity index is 187. The zero-order chi connectivity index (χ0) is 12.8. The summed E-state index contributed by atoms with van der Waals surface area (Å²) < 4.78 is 0. The van der Waals surface area contributed by atoms with Crippen LogP contribution in [0.25, 0.3) is 0 Å². The molecule has 0 saturated heterocycles. The maximum absolute atomic E-state index is 9.12. The first-order chi connectivity index (χ1) is 8.04. The second kappa shape index (κ2) is 7.38. The Morgan fingerprint density at radius 3 is 1.94 bits per heavy atom. The van der Waals surface area contributed by atoms with E-state index >= 15 is 0 Å². The van der Waals surface area contributed by atoms with Crippen molar-refractivity contribution in [2.45, 2.75) is 59.4 Å². The van der Waals surface area contributed by atoms with Gasteiger partial charge in [-0.1, -0.05) is 27.7 Å². The number of aliphatic hydroxyl groups is 1. The first kappa shape index (κ1) is 15.0. The number of nitrogens with one attached hydrogen (secondary N) is 1. The Morgan fingerprint density at radius 2 is 1.53 bits per heavy atom. The van der Waals surface area contributed by atoms with Gasteiger partial charge in [0.25, 0.3) is 0 Å². The Labute approximate surface area is 107 Å². The molecule has 0 atom stereocenters. The van der Waals surface area contributed by atoms with Gasteiger partial charge >= 0.3 is 0 Å². The van der Waals surface area contributed by atoms with Gasteiger partial charge < -0.3 is 10.4 Å². The van der Waals surface area contributed by atoms with Crippen LogP contribution >= 0.6 is 0 Å². The van der Waals surface area contributed by atoms with E-state index in [0.29, 0.717) is 18.6 Å². The second-order valence-corrected chi connectivity index (χ2v) is 6.46. The lowest BCUT2D eigenvalue weighted by Gasteiger charge is -2.32. The monoisotopic (exact) mass is 241 g/mol. The zero-order valence-corrected chi connectivity index (χ0v) is 12.1. The predicted molar refractivity (Wildman–Crippen MR) is 74.0 cm³/mol. The minimum Gasteiger partial charge on any atom is -0.396 e. The summed E-state index contributed by atoms with van der Waals surface area (Å²) in [5.74, 6) is 2.87. The van der Waals surface area contributed by atoms with Crippen molar-refractivity contribution >= 4 is 0 Å². The molecule has 0 heterocycles. The van der Waals surface area contributed by atoms with Crippen LogP contribution in [0.3, 0.4) is 0 Å². The van der Waals surface area contributed by atoms with E-state index in [4.69, 9.17) is 5.11 Å². The van der Waals surface area contributed by atoms with Gasteiger partial charge in [-0.25, -0.2) is 0 Å². The Kier molecular flexibility index (Phi) is 6.50. The maximum Gasteiger partial charge on any atom is 0.0459 e. The van der Waals surface area contributed by atoms with E-state index in [1.54, 1.807) is 0 Å². The Hall–Kier alpha value is -0.0800. The van der Waals surface area contributed by atoms with Gasteiger partial charge in [0.2, 0.25) is 0 Å². The summed E-state index contributed by atoms with van der Waals surface area (Å²) in [4.78, 5) is 0. The van der Waals surface area contributed by atoms with Gasteiger partial charge in [-0.15, -0.1) is 0 Å². The summed E-state index contributed by atoms with van der Waals surface area (Å²) in [5, 5.41) is 12.9. The molecule has 2 N–H and O–H groups in total. The van der Waals surface area contributed by atoms with Crippen molar-refractivity contribution in [3.63, 3.8) is 0 Å². The highest BCUT2D eigenvalue weighted by Crippen LogP contribution is 2.25. The highest BCUT2D eigenvalue weighted by Gasteiger charge is 2.23. The summed E-state index contributed by atoms with van der Waals surface area (Å²) >= 11 is 0. The van der Waals surface area contributed by atoms with Gasteiger partial charge in [0.15, 0.2) is 0 Å². The smallest absolute Gasteiger partial charge is 0.0459 e. The van der Waals surface area contributed by atoms with Crippen molar-refractivity contribution in [3.05, 3.63) is 0 Å². The fourth-order valence-corrected chi connectivity index (χ4v) is 3.09. The molecule has 0 aromatic rings. The molecule has 0 aromatic carbocycles. The molecule has 0 aromatic heterocycles. The standard InChI is InChI=1S/C15H31NO/c1-11(2)15(12(3)4)9-16-14-7-5-13(10-17)6-8-14/h11-17H,5-10H2,1-4H3. The molecule has 0 unspecified atom stereocenters. The molecule has 0 spiro atoms. The van der Waals surface area contributed by atoms with Gasteiger partial charge in [-0.2, -0.15) is 0 Å². The largest absolute Gasteiger partial charge is 0.396 e. The molecular formula is C15H31NO. The van der Waals surface area contributed by atoms with Crippen LogP contribution in [0.15, 0.2) is 0 Å². The maximum atomic E-state index is 9.12. The van der Waals surface area contributed by atoms with Crippen molar-refractivity contribution in [1.29, 1.82) is 0 Å². The van der Waals surface area contributed by atoms with Crippen LogP contribution < -0.4 is 5.32 Å². The molecule has 17 heavy (non-hydrogen) atoms.